The Kier molecular flexibility index (Phi) is 17.7. The summed E-state index contributed by atoms with van der Waals surface area (Å²) in [6.07, 6.45) is 12.4. The molecule has 0 bridgehead atoms. The standard InChI is InChI=1S/C24H46N2O8S2/c1-4-5-6-7-8-9-10-11-12-13-14-24(19(27)28,33-20(29)22(25,31)15-17-35-2)34-21(30)23(26,32)16-18-36-3/h31-32H,4-18,25-26H2,1-3H3,(H,27,28). The lowest BCUT2D eigenvalue weighted by molar-refractivity contribution is -0.254. The summed E-state index contributed by atoms with van der Waals surface area (Å²) in [6, 6.07) is 0. The minimum absolute atomic E-state index is 0.205. The Morgan fingerprint density at radius 3 is 1.39 bits per heavy atom. The van der Waals surface area contributed by atoms with E-state index in [1.54, 1.807) is 12.5 Å². The molecular weight excluding hydrogens is 508 g/mol. The van der Waals surface area contributed by atoms with Crippen LogP contribution in [0.15, 0.2) is 0 Å². The van der Waals surface area contributed by atoms with Gasteiger partial charge < -0.3 is 24.8 Å². The first-order valence-corrected chi connectivity index (χ1v) is 15.4. The summed E-state index contributed by atoms with van der Waals surface area (Å²) in [5.74, 6) is -6.82. The average molecular weight is 555 g/mol. The molecule has 0 spiro atoms. The number of thioether (sulfide) groups is 2. The van der Waals surface area contributed by atoms with Gasteiger partial charge in [-0.2, -0.15) is 23.5 Å². The zero-order valence-corrected chi connectivity index (χ0v) is 23.6. The van der Waals surface area contributed by atoms with Crippen molar-refractivity contribution >= 4 is 41.4 Å². The van der Waals surface area contributed by atoms with E-state index in [0.29, 0.717) is 17.9 Å². The molecule has 0 saturated heterocycles. The lowest BCUT2D eigenvalue weighted by atomic mass is 10.0. The molecule has 36 heavy (non-hydrogen) atoms. The molecule has 0 aliphatic rings. The molecule has 0 aromatic carbocycles. The topological polar surface area (TPSA) is 182 Å². The molecule has 12 heteroatoms. The number of carbonyl (C=O) groups is 3. The number of unbranched alkanes of at least 4 members (excludes halogenated alkanes) is 9. The smallest absolute Gasteiger partial charge is 0.390 e. The summed E-state index contributed by atoms with van der Waals surface area (Å²) < 4.78 is 10.2. The summed E-state index contributed by atoms with van der Waals surface area (Å²) >= 11 is 2.64. The average Bonchev–Trinajstić information content (AvgIpc) is 2.82. The van der Waals surface area contributed by atoms with Gasteiger partial charge in [0, 0.05) is 19.3 Å². The van der Waals surface area contributed by atoms with Crippen LogP contribution in [0.25, 0.3) is 0 Å². The summed E-state index contributed by atoms with van der Waals surface area (Å²) in [4.78, 5) is 37.5. The molecule has 2 atom stereocenters. The Labute approximate surface area is 223 Å². The SMILES string of the molecule is CCCCCCCCCCCCC(OC(=O)C(N)(O)CCSC)(OC(=O)C(N)(O)CCSC)C(=O)O. The molecular formula is C24H46N2O8S2. The van der Waals surface area contributed by atoms with Gasteiger partial charge in [-0.1, -0.05) is 64.7 Å². The predicted molar refractivity (Wildman–Crippen MR) is 143 cm³/mol. The fraction of sp³-hybridized carbons (Fsp3) is 0.875. The van der Waals surface area contributed by atoms with Gasteiger partial charge in [0.15, 0.2) is 0 Å². The molecule has 0 amide bonds. The molecule has 0 heterocycles. The number of carboxylic acid groups (broad SMARTS) is 1. The molecule has 7 N–H and O–H groups in total. The van der Waals surface area contributed by atoms with Crippen LogP contribution in [0, 0.1) is 0 Å². The van der Waals surface area contributed by atoms with E-state index in [9.17, 15) is 29.7 Å². The highest BCUT2D eigenvalue weighted by atomic mass is 32.2. The molecule has 2 unspecified atom stereocenters. The van der Waals surface area contributed by atoms with E-state index in [2.05, 4.69) is 6.92 Å². The molecule has 0 radical (unpaired) electrons. The predicted octanol–water partition coefficient (Wildman–Crippen LogP) is 2.97. The molecule has 0 aliphatic heterocycles. The van der Waals surface area contributed by atoms with Gasteiger partial charge in [-0.3, -0.25) is 11.5 Å². The monoisotopic (exact) mass is 554 g/mol. The number of carboxylic acids is 1. The lowest BCUT2D eigenvalue weighted by Crippen LogP contribution is -2.59. The maximum absolute atomic E-state index is 12.6. The van der Waals surface area contributed by atoms with E-state index in [0.717, 1.165) is 25.7 Å². The number of carbonyl (C=O) groups excluding carboxylic acids is 2. The number of esters is 2. The van der Waals surface area contributed by atoms with Crippen LogP contribution < -0.4 is 11.5 Å². The molecule has 0 aromatic heterocycles. The van der Waals surface area contributed by atoms with Gasteiger partial charge in [0.1, 0.15) is 0 Å². The van der Waals surface area contributed by atoms with E-state index in [4.69, 9.17) is 20.9 Å². The fourth-order valence-corrected chi connectivity index (χ4v) is 4.39. The van der Waals surface area contributed by atoms with Crippen molar-refractivity contribution in [1.82, 2.24) is 0 Å². The normalized spacial score (nSPS) is 16.4. The highest BCUT2D eigenvalue weighted by Gasteiger charge is 2.52. The Morgan fingerprint density at radius 1 is 0.694 bits per heavy atom. The first-order chi connectivity index (χ1) is 16.9. The number of aliphatic carboxylic acids is 1. The van der Waals surface area contributed by atoms with Crippen molar-refractivity contribution in [3.8, 4) is 0 Å². The third kappa shape index (κ3) is 13.5. The van der Waals surface area contributed by atoms with Crippen molar-refractivity contribution in [3.05, 3.63) is 0 Å². The van der Waals surface area contributed by atoms with Crippen LogP contribution in [-0.2, 0) is 23.9 Å². The molecule has 0 saturated carbocycles. The van der Waals surface area contributed by atoms with E-state index < -0.39 is 35.1 Å². The number of ether oxygens (including phenoxy) is 2. The number of rotatable bonds is 22. The van der Waals surface area contributed by atoms with Crippen molar-refractivity contribution in [2.75, 3.05) is 24.0 Å². The zero-order chi connectivity index (χ0) is 27.7. The van der Waals surface area contributed by atoms with Crippen LogP contribution in [-0.4, -0.2) is 74.5 Å². The maximum atomic E-state index is 12.6. The van der Waals surface area contributed by atoms with E-state index >= 15 is 0 Å². The summed E-state index contributed by atoms with van der Waals surface area (Å²) in [6.45, 7) is 2.17. The van der Waals surface area contributed by atoms with E-state index in [-0.39, 0.29) is 25.7 Å². The van der Waals surface area contributed by atoms with Crippen LogP contribution in [0.1, 0.15) is 90.4 Å². The van der Waals surface area contributed by atoms with Gasteiger partial charge >= 0.3 is 23.7 Å². The van der Waals surface area contributed by atoms with Crippen LogP contribution in [0.2, 0.25) is 0 Å². The molecule has 212 valence electrons. The molecule has 0 aromatic rings. The van der Waals surface area contributed by atoms with Crippen LogP contribution in [0.5, 0.6) is 0 Å². The minimum atomic E-state index is -2.78. The highest BCUT2D eigenvalue weighted by molar-refractivity contribution is 7.98. The molecule has 0 rings (SSSR count). The highest BCUT2D eigenvalue weighted by Crippen LogP contribution is 2.28. The minimum Gasteiger partial charge on any atom is -0.475 e. The Morgan fingerprint density at radius 2 is 1.06 bits per heavy atom. The molecule has 10 nitrogen and oxygen atoms in total. The first-order valence-electron chi connectivity index (χ1n) is 12.6. The van der Waals surface area contributed by atoms with Crippen LogP contribution in [0.3, 0.4) is 0 Å². The van der Waals surface area contributed by atoms with Crippen molar-refractivity contribution in [2.24, 2.45) is 11.5 Å². The third-order valence-electron chi connectivity index (χ3n) is 5.78. The van der Waals surface area contributed by atoms with Crippen molar-refractivity contribution < 1.29 is 39.2 Å². The van der Waals surface area contributed by atoms with Gasteiger partial charge in [0.25, 0.3) is 0 Å². The first kappa shape index (κ1) is 35.0. The number of nitrogens with two attached hydrogens (primary N) is 2. The summed E-state index contributed by atoms with van der Waals surface area (Å²) in [7, 11) is 0. The lowest BCUT2D eigenvalue weighted by Gasteiger charge is -2.34. The van der Waals surface area contributed by atoms with Crippen molar-refractivity contribution in [2.45, 2.75) is 108 Å². The van der Waals surface area contributed by atoms with Crippen LogP contribution in [0.4, 0.5) is 0 Å². The number of hydrogen-bond donors (Lipinski definition) is 5. The second-order valence-corrected chi connectivity index (χ2v) is 11.1. The van der Waals surface area contributed by atoms with Gasteiger partial charge in [-0.25, -0.2) is 14.4 Å². The van der Waals surface area contributed by atoms with Gasteiger partial charge in [0.2, 0.25) is 11.4 Å². The van der Waals surface area contributed by atoms with Crippen molar-refractivity contribution in [3.63, 3.8) is 0 Å². The van der Waals surface area contributed by atoms with Crippen molar-refractivity contribution in [1.29, 1.82) is 0 Å². The van der Waals surface area contributed by atoms with Gasteiger partial charge in [0.05, 0.1) is 0 Å². The Bertz CT molecular complexity index is 628. The summed E-state index contributed by atoms with van der Waals surface area (Å²) in [5.41, 5.74) is 6.33. The summed E-state index contributed by atoms with van der Waals surface area (Å²) in [5, 5.41) is 30.5. The zero-order valence-electron chi connectivity index (χ0n) is 22.0. The van der Waals surface area contributed by atoms with E-state index in [1.807, 2.05) is 0 Å². The molecule has 0 aliphatic carbocycles. The van der Waals surface area contributed by atoms with Gasteiger partial charge in [-0.15, -0.1) is 0 Å². The third-order valence-corrected chi connectivity index (χ3v) is 7.01. The Hall–Kier alpha value is -1.05. The second kappa shape index (κ2) is 18.2. The maximum Gasteiger partial charge on any atom is 0.390 e. The molecule has 0 fully saturated rings. The van der Waals surface area contributed by atoms with Gasteiger partial charge in [-0.05, 0) is 30.4 Å². The fourth-order valence-electron chi connectivity index (χ4n) is 3.36. The number of aliphatic hydroxyl groups is 2. The largest absolute Gasteiger partial charge is 0.475 e. The Balaban J connectivity index is 5.35. The second-order valence-electron chi connectivity index (χ2n) is 9.10. The van der Waals surface area contributed by atoms with Crippen LogP contribution >= 0.6 is 23.5 Å². The quantitative estimate of drug-likeness (QED) is 0.0750. The number of hydrogen-bond acceptors (Lipinski definition) is 11. The van der Waals surface area contributed by atoms with E-state index in [1.165, 1.54) is 49.2 Å².